The van der Waals surface area contributed by atoms with Gasteiger partial charge in [-0.15, -0.1) is 10.2 Å². The van der Waals surface area contributed by atoms with Crippen LogP contribution < -0.4 is 5.14 Å². The number of fused-ring (bicyclic) bond motifs is 1. The Bertz CT molecular complexity index is 1610. The minimum Gasteiger partial charge on any atom is -0.239 e. The molecule has 0 saturated heterocycles. The lowest BCUT2D eigenvalue weighted by Crippen LogP contribution is -2.14. The number of aromatic nitrogens is 8. The van der Waals surface area contributed by atoms with Gasteiger partial charge in [-0.2, -0.15) is 9.50 Å². The first-order valence-electron chi connectivity index (χ1n) is 11.1. The van der Waals surface area contributed by atoms with Crippen molar-refractivity contribution >= 4 is 15.7 Å². The van der Waals surface area contributed by atoms with E-state index in [4.69, 9.17) is 10.1 Å². The van der Waals surface area contributed by atoms with Gasteiger partial charge < -0.3 is 0 Å². The van der Waals surface area contributed by atoms with Crippen LogP contribution in [0.25, 0.3) is 28.2 Å². The number of H-pyrrole nitrogens is 1. The lowest BCUT2D eigenvalue weighted by molar-refractivity contribution is 0.588. The number of hydrogen-bond donors (Lipinski definition) is 2. The van der Waals surface area contributed by atoms with E-state index in [1.54, 1.807) is 6.92 Å². The van der Waals surface area contributed by atoms with Gasteiger partial charge in [0.05, 0.1) is 0 Å². The fraction of sp³-hybridized carbons (Fsp3) is 0.217. The summed E-state index contributed by atoms with van der Waals surface area (Å²) in [6, 6.07) is 16.0. The predicted molar refractivity (Wildman–Crippen MR) is 129 cm³/mol. The molecule has 3 N–H and O–H groups in total. The second kappa shape index (κ2) is 8.96. The number of primary sulfonamides is 1. The third-order valence-corrected chi connectivity index (χ3v) is 6.41. The van der Waals surface area contributed by atoms with Crippen LogP contribution in [0.4, 0.5) is 0 Å². The number of benzene rings is 2. The number of hydrogen-bond acceptors (Lipinski definition) is 8. The molecular formula is C23H23N9O2S. The highest BCUT2D eigenvalue weighted by atomic mass is 32.2. The third-order valence-electron chi connectivity index (χ3n) is 5.72. The number of aryl methyl sites for hydroxylation is 2. The average molecular weight is 490 g/mol. The Morgan fingerprint density at radius 3 is 2.43 bits per heavy atom. The van der Waals surface area contributed by atoms with Crippen LogP contribution in [0.1, 0.15) is 36.0 Å². The van der Waals surface area contributed by atoms with E-state index in [2.05, 4.69) is 37.6 Å². The molecule has 0 saturated carbocycles. The van der Waals surface area contributed by atoms with Gasteiger partial charge in [0, 0.05) is 23.2 Å². The molecule has 5 rings (SSSR count). The van der Waals surface area contributed by atoms with Crippen LogP contribution >= 0.6 is 0 Å². The van der Waals surface area contributed by atoms with Gasteiger partial charge in [0.25, 0.3) is 15.2 Å². The predicted octanol–water partition coefficient (Wildman–Crippen LogP) is 2.47. The molecule has 0 aliphatic heterocycles. The molecule has 0 fully saturated rings. The molecule has 5 aromatic rings. The molecule has 0 bridgehead atoms. The molecule has 35 heavy (non-hydrogen) atoms. The van der Waals surface area contributed by atoms with Crippen LogP contribution in [-0.4, -0.2) is 48.6 Å². The molecular weight excluding hydrogens is 466 g/mol. The summed E-state index contributed by atoms with van der Waals surface area (Å²) < 4.78 is 25.2. The normalized spacial score (nSPS) is 11.9. The average Bonchev–Trinajstić information content (AvgIpc) is 3.53. The van der Waals surface area contributed by atoms with E-state index in [9.17, 15) is 8.42 Å². The molecule has 0 aliphatic carbocycles. The van der Waals surface area contributed by atoms with Crippen molar-refractivity contribution in [3.05, 3.63) is 71.2 Å². The molecule has 3 aromatic heterocycles. The zero-order valence-electron chi connectivity index (χ0n) is 19.2. The maximum atomic E-state index is 11.9. The van der Waals surface area contributed by atoms with Gasteiger partial charge in [0.15, 0.2) is 11.5 Å². The van der Waals surface area contributed by atoms with Gasteiger partial charge in [-0.1, -0.05) is 61.9 Å². The highest BCUT2D eigenvalue weighted by Crippen LogP contribution is 2.30. The molecule has 0 spiro atoms. The first kappa shape index (κ1) is 22.7. The smallest absolute Gasteiger partial charge is 0.239 e. The minimum absolute atomic E-state index is 0.411. The maximum Gasteiger partial charge on any atom is 0.282 e. The van der Waals surface area contributed by atoms with Crippen molar-refractivity contribution in [2.24, 2.45) is 5.14 Å². The van der Waals surface area contributed by atoms with Crippen molar-refractivity contribution in [2.45, 2.75) is 38.3 Å². The first-order valence-corrected chi connectivity index (χ1v) is 12.6. The second-order valence-corrected chi connectivity index (χ2v) is 9.63. The molecule has 0 radical (unpaired) electrons. The number of tetrazole rings is 1. The van der Waals surface area contributed by atoms with Crippen molar-refractivity contribution in [3.8, 4) is 22.5 Å². The molecule has 12 heteroatoms. The van der Waals surface area contributed by atoms with E-state index in [-0.39, 0.29) is 0 Å². The lowest BCUT2D eigenvalue weighted by atomic mass is 9.96. The van der Waals surface area contributed by atoms with Crippen molar-refractivity contribution in [1.82, 2.24) is 40.2 Å². The van der Waals surface area contributed by atoms with Gasteiger partial charge in [0.1, 0.15) is 5.82 Å². The summed E-state index contributed by atoms with van der Waals surface area (Å²) in [5.41, 5.74) is 6.10. The molecule has 0 atom stereocenters. The quantitative estimate of drug-likeness (QED) is 0.353. The largest absolute Gasteiger partial charge is 0.282 e. The SMILES string of the molecule is CCCc1nc(C)n2nc(S(N)(=O)=O)nc2c1Cc1ccc(-c2ccccc2-c2nnn[nH]2)cc1. The van der Waals surface area contributed by atoms with Gasteiger partial charge >= 0.3 is 0 Å². The number of rotatable bonds is 7. The molecule has 0 aliphatic rings. The van der Waals surface area contributed by atoms with E-state index in [1.165, 1.54) is 4.52 Å². The van der Waals surface area contributed by atoms with E-state index >= 15 is 0 Å². The summed E-state index contributed by atoms with van der Waals surface area (Å²) in [7, 11) is -4.04. The van der Waals surface area contributed by atoms with Crippen LogP contribution in [0, 0.1) is 6.92 Å². The number of nitrogens with zero attached hydrogens (tertiary/aromatic N) is 7. The third kappa shape index (κ3) is 4.40. The topological polar surface area (TPSA) is 158 Å². The van der Waals surface area contributed by atoms with E-state index in [0.717, 1.165) is 46.4 Å². The molecule has 3 heterocycles. The standard InChI is InChI=1S/C23H23N9O2S/c1-3-6-20-19(22-26-23(35(24,33)34)29-32(22)14(2)25-20)13-15-9-11-16(12-10-15)17-7-4-5-8-18(17)21-27-30-31-28-21/h4-5,7-12H,3,6,13H2,1-2H3,(H2,24,33,34)(H,27,28,30,31). The van der Waals surface area contributed by atoms with Crippen LogP contribution in [0.5, 0.6) is 0 Å². The Balaban J connectivity index is 1.54. The summed E-state index contributed by atoms with van der Waals surface area (Å²) in [5.74, 6) is 1.16. The maximum absolute atomic E-state index is 11.9. The van der Waals surface area contributed by atoms with Gasteiger partial charge in [-0.3, -0.25) is 0 Å². The Kier molecular flexibility index (Phi) is 5.83. The summed E-state index contributed by atoms with van der Waals surface area (Å²) in [4.78, 5) is 8.96. The molecule has 0 unspecified atom stereocenters. The van der Waals surface area contributed by atoms with Crippen LogP contribution in [0.2, 0.25) is 0 Å². The molecule has 0 amide bonds. The van der Waals surface area contributed by atoms with Crippen LogP contribution in [-0.2, 0) is 22.9 Å². The Morgan fingerprint density at radius 2 is 1.77 bits per heavy atom. The Morgan fingerprint density at radius 1 is 1.03 bits per heavy atom. The lowest BCUT2D eigenvalue weighted by Gasteiger charge is -2.12. The summed E-state index contributed by atoms with van der Waals surface area (Å²) >= 11 is 0. The fourth-order valence-electron chi connectivity index (χ4n) is 4.12. The van der Waals surface area contributed by atoms with Crippen molar-refractivity contribution in [3.63, 3.8) is 0 Å². The van der Waals surface area contributed by atoms with E-state index in [0.29, 0.717) is 23.7 Å². The summed E-state index contributed by atoms with van der Waals surface area (Å²) in [6.45, 7) is 3.84. The molecule has 178 valence electrons. The zero-order chi connectivity index (χ0) is 24.6. The van der Waals surface area contributed by atoms with E-state index in [1.807, 2.05) is 48.5 Å². The highest BCUT2D eigenvalue weighted by molar-refractivity contribution is 7.89. The van der Waals surface area contributed by atoms with Crippen LogP contribution in [0.15, 0.2) is 53.7 Å². The number of sulfonamides is 1. The van der Waals surface area contributed by atoms with Gasteiger partial charge in [0.2, 0.25) is 0 Å². The molecule has 2 aromatic carbocycles. The minimum atomic E-state index is -4.04. The zero-order valence-corrected chi connectivity index (χ0v) is 20.0. The number of aromatic amines is 1. The Hall–Kier alpha value is -4.03. The van der Waals surface area contributed by atoms with Crippen molar-refractivity contribution in [2.75, 3.05) is 0 Å². The number of nitrogens with one attached hydrogen (secondary N) is 1. The van der Waals surface area contributed by atoms with Crippen LogP contribution in [0.3, 0.4) is 0 Å². The summed E-state index contributed by atoms with van der Waals surface area (Å²) in [6.07, 6.45) is 2.14. The monoisotopic (exact) mass is 489 g/mol. The van der Waals surface area contributed by atoms with Gasteiger partial charge in [-0.05, 0) is 40.5 Å². The van der Waals surface area contributed by atoms with Crippen molar-refractivity contribution in [1.29, 1.82) is 0 Å². The molecule has 11 nitrogen and oxygen atoms in total. The number of nitrogens with two attached hydrogens (primary N) is 1. The second-order valence-electron chi connectivity index (χ2n) is 8.18. The Labute approximate surface area is 201 Å². The highest BCUT2D eigenvalue weighted by Gasteiger charge is 2.21. The fourth-order valence-corrected chi connectivity index (χ4v) is 4.53. The van der Waals surface area contributed by atoms with Gasteiger partial charge in [-0.25, -0.2) is 23.6 Å². The first-order chi connectivity index (χ1) is 16.8. The van der Waals surface area contributed by atoms with E-state index < -0.39 is 15.2 Å². The van der Waals surface area contributed by atoms with Crippen molar-refractivity contribution < 1.29 is 8.42 Å². The summed E-state index contributed by atoms with van der Waals surface area (Å²) in [5, 5.41) is 23.2.